The van der Waals surface area contributed by atoms with Crippen LogP contribution >= 0.6 is 11.6 Å². The summed E-state index contributed by atoms with van der Waals surface area (Å²) in [6.45, 7) is 1.80. The molecule has 0 atom stereocenters. The Morgan fingerprint density at radius 1 is 1.27 bits per heavy atom. The maximum atomic E-state index is 12.0. The molecular weight excluding hydrogens is 354 g/mol. The van der Waals surface area contributed by atoms with Gasteiger partial charge < -0.3 is 9.73 Å². The molecule has 0 fully saturated rings. The number of rotatable bonds is 6. The zero-order chi connectivity index (χ0) is 18.5. The number of ketones is 1. The molecule has 0 saturated carbocycles. The summed E-state index contributed by atoms with van der Waals surface area (Å²) in [6.07, 6.45) is 6.27. The summed E-state index contributed by atoms with van der Waals surface area (Å²) in [5, 5.41) is 7.46. The Morgan fingerprint density at radius 3 is 2.81 bits per heavy atom. The lowest BCUT2D eigenvalue weighted by Gasteiger charge is -1.99. The van der Waals surface area contributed by atoms with Crippen LogP contribution in [-0.2, 0) is 11.3 Å². The van der Waals surface area contributed by atoms with Crippen LogP contribution in [0.25, 0.3) is 6.08 Å². The molecule has 3 aromatic rings. The fraction of sp³-hybridized carbons (Fsp3) is 0.105. The van der Waals surface area contributed by atoms with E-state index in [-0.39, 0.29) is 11.7 Å². The first-order valence-corrected chi connectivity index (χ1v) is 8.25. The smallest absolute Gasteiger partial charge is 0.248 e. The van der Waals surface area contributed by atoms with Gasteiger partial charge in [0.2, 0.25) is 5.91 Å². The lowest BCUT2D eigenvalue weighted by molar-refractivity contribution is -0.111. The number of halogens is 1. The average Bonchev–Trinajstić information content (AvgIpc) is 3.24. The molecule has 0 aliphatic rings. The number of anilines is 1. The van der Waals surface area contributed by atoms with Crippen molar-refractivity contribution in [3.63, 3.8) is 0 Å². The molecule has 0 saturated heterocycles. The van der Waals surface area contributed by atoms with Gasteiger partial charge in [0.05, 0.1) is 18.4 Å². The minimum absolute atomic E-state index is 0.130. The summed E-state index contributed by atoms with van der Waals surface area (Å²) in [6, 6.07) is 10.6. The van der Waals surface area contributed by atoms with Crippen molar-refractivity contribution in [2.24, 2.45) is 0 Å². The number of nitrogens with one attached hydrogen (secondary N) is 1. The molecule has 2 aromatic heterocycles. The van der Waals surface area contributed by atoms with Gasteiger partial charge >= 0.3 is 0 Å². The molecule has 2 heterocycles. The van der Waals surface area contributed by atoms with Gasteiger partial charge in [-0.15, -0.1) is 0 Å². The Hall–Kier alpha value is -3.12. The summed E-state index contributed by atoms with van der Waals surface area (Å²) in [5.41, 5.74) is 1.32. The fourth-order valence-corrected chi connectivity index (χ4v) is 2.48. The summed E-state index contributed by atoms with van der Waals surface area (Å²) in [7, 11) is 0. The zero-order valence-corrected chi connectivity index (χ0v) is 14.7. The van der Waals surface area contributed by atoms with Gasteiger partial charge in [-0.25, -0.2) is 0 Å². The molecule has 1 amide bonds. The van der Waals surface area contributed by atoms with Crippen LogP contribution in [0, 0.1) is 0 Å². The molecule has 0 unspecified atom stereocenters. The van der Waals surface area contributed by atoms with Crippen LogP contribution in [0.2, 0.25) is 5.02 Å². The molecule has 7 heteroatoms. The van der Waals surface area contributed by atoms with E-state index in [4.69, 9.17) is 16.0 Å². The van der Waals surface area contributed by atoms with Crippen LogP contribution in [0.3, 0.4) is 0 Å². The van der Waals surface area contributed by atoms with Crippen molar-refractivity contribution >= 4 is 35.1 Å². The van der Waals surface area contributed by atoms with Crippen LogP contribution in [0.1, 0.15) is 28.8 Å². The predicted octanol–water partition coefficient (Wildman–Crippen LogP) is 4.03. The highest BCUT2D eigenvalue weighted by Crippen LogP contribution is 2.16. The summed E-state index contributed by atoms with van der Waals surface area (Å²) >= 11 is 6.04. The van der Waals surface area contributed by atoms with Crippen molar-refractivity contribution in [2.45, 2.75) is 13.5 Å². The standard InChI is InChI=1S/C19H16ClN3O3/c1-13(24)18-8-7-16(26-18)12-23-11-15(10-21-23)22-19(25)9-6-14-4-2-3-5-17(14)20/h2-11H,12H2,1H3,(H,22,25)/b9-6+. The van der Waals surface area contributed by atoms with Crippen molar-refractivity contribution in [2.75, 3.05) is 5.32 Å². The number of hydrogen-bond donors (Lipinski definition) is 1. The average molecular weight is 370 g/mol. The summed E-state index contributed by atoms with van der Waals surface area (Å²) in [4.78, 5) is 23.3. The highest BCUT2D eigenvalue weighted by Gasteiger charge is 2.08. The predicted molar refractivity (Wildman–Crippen MR) is 99.2 cm³/mol. The number of amides is 1. The Morgan fingerprint density at radius 2 is 2.08 bits per heavy atom. The van der Waals surface area contributed by atoms with Crippen molar-refractivity contribution in [1.82, 2.24) is 9.78 Å². The molecule has 0 bridgehead atoms. The van der Waals surface area contributed by atoms with Crippen LogP contribution < -0.4 is 5.32 Å². The maximum absolute atomic E-state index is 12.0. The third kappa shape index (κ3) is 4.49. The first kappa shape index (κ1) is 17.7. The van der Waals surface area contributed by atoms with Crippen molar-refractivity contribution in [3.8, 4) is 0 Å². The van der Waals surface area contributed by atoms with Gasteiger partial charge in [-0.2, -0.15) is 5.10 Å². The number of carbonyl (C=O) groups excluding carboxylic acids is 2. The molecule has 1 N–H and O–H groups in total. The number of nitrogens with zero attached hydrogens (tertiary/aromatic N) is 2. The van der Waals surface area contributed by atoms with Gasteiger partial charge in [-0.05, 0) is 29.8 Å². The van der Waals surface area contributed by atoms with Gasteiger partial charge in [0.15, 0.2) is 11.5 Å². The molecule has 0 radical (unpaired) electrons. The van der Waals surface area contributed by atoms with E-state index < -0.39 is 0 Å². The van der Waals surface area contributed by atoms with E-state index in [2.05, 4.69) is 10.4 Å². The molecule has 3 rings (SSSR count). The topological polar surface area (TPSA) is 77.1 Å². The van der Waals surface area contributed by atoms with E-state index >= 15 is 0 Å². The zero-order valence-electron chi connectivity index (χ0n) is 14.0. The monoisotopic (exact) mass is 369 g/mol. The van der Waals surface area contributed by atoms with E-state index in [1.54, 1.807) is 35.2 Å². The van der Waals surface area contributed by atoms with Crippen molar-refractivity contribution < 1.29 is 14.0 Å². The van der Waals surface area contributed by atoms with E-state index in [0.29, 0.717) is 28.8 Å². The molecule has 0 aliphatic carbocycles. The van der Waals surface area contributed by atoms with Crippen LogP contribution in [-0.4, -0.2) is 21.5 Å². The lowest BCUT2D eigenvalue weighted by atomic mass is 10.2. The van der Waals surface area contributed by atoms with Crippen LogP contribution in [0.15, 0.2) is 59.3 Å². The summed E-state index contributed by atoms with van der Waals surface area (Å²) < 4.78 is 7.02. The van der Waals surface area contributed by atoms with E-state index in [1.165, 1.54) is 19.2 Å². The Balaban J connectivity index is 1.60. The molecule has 6 nitrogen and oxygen atoms in total. The molecular formula is C19H16ClN3O3. The highest BCUT2D eigenvalue weighted by atomic mass is 35.5. The van der Waals surface area contributed by atoms with Gasteiger partial charge in [0.25, 0.3) is 0 Å². The van der Waals surface area contributed by atoms with Gasteiger partial charge in [0.1, 0.15) is 5.76 Å². The van der Waals surface area contributed by atoms with Crippen LogP contribution in [0.4, 0.5) is 5.69 Å². The largest absolute Gasteiger partial charge is 0.456 e. The lowest BCUT2D eigenvalue weighted by Crippen LogP contribution is -2.07. The highest BCUT2D eigenvalue weighted by molar-refractivity contribution is 6.32. The number of hydrogen-bond acceptors (Lipinski definition) is 4. The number of aromatic nitrogens is 2. The Labute approximate surface area is 155 Å². The van der Waals surface area contributed by atoms with Gasteiger partial charge in [0, 0.05) is 24.2 Å². The van der Waals surface area contributed by atoms with Crippen LogP contribution in [0.5, 0.6) is 0 Å². The number of carbonyl (C=O) groups is 2. The molecule has 132 valence electrons. The quantitative estimate of drug-likeness (QED) is 0.525. The second kappa shape index (κ2) is 7.84. The second-order valence-corrected chi connectivity index (χ2v) is 6.00. The molecule has 26 heavy (non-hydrogen) atoms. The number of benzene rings is 1. The van der Waals surface area contributed by atoms with E-state index in [0.717, 1.165) is 5.56 Å². The van der Waals surface area contributed by atoms with Gasteiger partial charge in [-0.3, -0.25) is 14.3 Å². The first-order chi connectivity index (χ1) is 12.5. The van der Waals surface area contributed by atoms with E-state index in [1.807, 2.05) is 18.2 Å². The SMILES string of the molecule is CC(=O)c1ccc(Cn2cc(NC(=O)/C=C/c3ccccc3Cl)cn2)o1. The first-order valence-electron chi connectivity index (χ1n) is 7.87. The Kier molecular flexibility index (Phi) is 5.34. The van der Waals surface area contributed by atoms with Gasteiger partial charge in [-0.1, -0.05) is 29.8 Å². The van der Waals surface area contributed by atoms with Crippen molar-refractivity contribution in [1.29, 1.82) is 0 Å². The molecule has 0 aliphatic heterocycles. The van der Waals surface area contributed by atoms with Crippen molar-refractivity contribution in [3.05, 3.63) is 77.0 Å². The van der Waals surface area contributed by atoms with E-state index in [9.17, 15) is 9.59 Å². The minimum Gasteiger partial charge on any atom is -0.456 e. The minimum atomic E-state index is -0.290. The summed E-state index contributed by atoms with van der Waals surface area (Å²) in [5.74, 6) is 0.497. The molecule has 0 spiro atoms. The number of Topliss-reactive ketones (excluding diaryl/α,β-unsaturated/α-hetero) is 1. The molecule has 1 aromatic carbocycles. The Bertz CT molecular complexity index is 972. The fourth-order valence-electron chi connectivity index (χ4n) is 2.29. The number of furan rings is 1. The normalized spacial score (nSPS) is 11.0. The third-order valence-corrected chi connectivity index (χ3v) is 3.89. The maximum Gasteiger partial charge on any atom is 0.248 e. The second-order valence-electron chi connectivity index (χ2n) is 5.59. The third-order valence-electron chi connectivity index (χ3n) is 3.55.